The van der Waals surface area contributed by atoms with Gasteiger partial charge in [-0.3, -0.25) is 0 Å². The van der Waals surface area contributed by atoms with Gasteiger partial charge in [0, 0.05) is 5.92 Å². The summed E-state index contributed by atoms with van der Waals surface area (Å²) < 4.78 is 65.5. The van der Waals surface area contributed by atoms with Crippen LogP contribution in [0.5, 0.6) is 11.5 Å². The highest BCUT2D eigenvalue weighted by atomic mass is 16.8. The van der Waals surface area contributed by atoms with Crippen molar-refractivity contribution >= 4 is 11.9 Å². The third kappa shape index (κ3) is 18.0. The Morgan fingerprint density at radius 2 is 0.829 bits per heavy atom. The molecule has 0 saturated carbocycles. The third-order valence-electron chi connectivity index (χ3n) is 14.7. The maximum Gasteiger partial charge on any atom is 0.338 e. The summed E-state index contributed by atoms with van der Waals surface area (Å²) in [5.74, 6) is 0.398. The molecule has 10 atom stereocenters. The first kappa shape index (κ1) is 58.1. The van der Waals surface area contributed by atoms with Crippen LogP contribution in [-0.2, 0) is 57.7 Å². The lowest BCUT2D eigenvalue weighted by Gasteiger charge is -2.49. The largest absolute Gasteiger partial charge is 0.494 e. The summed E-state index contributed by atoms with van der Waals surface area (Å²) in [7, 11) is 0. The zero-order valence-electron chi connectivity index (χ0n) is 45.5. The maximum atomic E-state index is 13.9. The van der Waals surface area contributed by atoms with Gasteiger partial charge < -0.3 is 47.4 Å². The molecule has 76 heavy (non-hydrogen) atoms. The molecule has 7 rings (SSSR count). The van der Waals surface area contributed by atoms with Crippen molar-refractivity contribution in [1.82, 2.24) is 0 Å². The van der Waals surface area contributed by atoms with Crippen LogP contribution in [0.25, 0.3) is 0 Å². The molecule has 0 N–H and O–H groups in total. The van der Waals surface area contributed by atoms with Gasteiger partial charge in [-0.15, -0.1) is 0 Å². The van der Waals surface area contributed by atoms with Gasteiger partial charge in [-0.2, -0.15) is 0 Å². The van der Waals surface area contributed by atoms with E-state index >= 15 is 0 Å². The maximum absolute atomic E-state index is 13.9. The summed E-state index contributed by atoms with van der Waals surface area (Å²) in [6.45, 7) is 12.5. The Kier molecular flexibility index (Phi) is 24.1. The van der Waals surface area contributed by atoms with Gasteiger partial charge in [0.25, 0.3) is 0 Å². The van der Waals surface area contributed by atoms with Gasteiger partial charge in [0.05, 0.1) is 50.3 Å². The van der Waals surface area contributed by atoms with Crippen LogP contribution in [-0.4, -0.2) is 81.5 Å². The molecule has 0 aliphatic carbocycles. The second-order valence-electron chi connectivity index (χ2n) is 20.4. The molecule has 2 aliphatic heterocycles. The molecule has 2 heterocycles. The number of unbranched alkanes of at least 4 members (excludes halogenated alkanes) is 8. The molecule has 5 aromatic carbocycles. The molecule has 2 aliphatic rings. The van der Waals surface area contributed by atoms with Crippen LogP contribution in [0, 0.1) is 17.8 Å². The molecule has 12 nitrogen and oxygen atoms in total. The average Bonchev–Trinajstić information content (AvgIpc) is 3.46. The normalized spacial score (nSPS) is 23.4. The van der Waals surface area contributed by atoms with Crippen LogP contribution in [0.3, 0.4) is 0 Å². The van der Waals surface area contributed by atoms with Crippen molar-refractivity contribution in [2.45, 2.75) is 162 Å². The van der Waals surface area contributed by atoms with E-state index in [0.717, 1.165) is 48.1 Å². The van der Waals surface area contributed by atoms with Gasteiger partial charge in [-0.25, -0.2) is 9.59 Å². The number of carbonyl (C=O) groups is 2. The molecule has 0 amide bonds. The fraction of sp³-hybridized carbons (Fsp3) is 0.500. The van der Waals surface area contributed by atoms with Gasteiger partial charge in [0.1, 0.15) is 49.1 Å². The van der Waals surface area contributed by atoms with E-state index < -0.39 is 55.0 Å². The number of hydrogen-bond donors (Lipinski definition) is 0. The molecule has 5 aromatic rings. The van der Waals surface area contributed by atoms with Gasteiger partial charge in [-0.05, 0) is 89.9 Å². The first-order chi connectivity index (χ1) is 37.2. The molecule has 12 heteroatoms. The summed E-state index contributed by atoms with van der Waals surface area (Å²) in [4.78, 5) is 27.4. The Labute approximate surface area is 452 Å². The number of carbonyl (C=O) groups excluding carboxylic acids is 2. The molecular formula is C64H82O12. The Morgan fingerprint density at radius 3 is 1.29 bits per heavy atom. The molecular weight excluding hydrogens is 961 g/mol. The van der Waals surface area contributed by atoms with E-state index in [1.807, 2.05) is 103 Å². The van der Waals surface area contributed by atoms with E-state index in [-0.39, 0.29) is 50.8 Å². The fourth-order valence-electron chi connectivity index (χ4n) is 9.60. The molecule has 0 spiro atoms. The van der Waals surface area contributed by atoms with E-state index in [1.54, 1.807) is 36.4 Å². The highest BCUT2D eigenvalue weighted by Crippen LogP contribution is 2.39. The van der Waals surface area contributed by atoms with Gasteiger partial charge >= 0.3 is 11.9 Å². The highest BCUT2D eigenvalue weighted by Gasteiger charge is 2.52. The zero-order chi connectivity index (χ0) is 53.3. The lowest BCUT2D eigenvalue weighted by atomic mass is 9.79. The summed E-state index contributed by atoms with van der Waals surface area (Å²) in [5, 5.41) is 0. The molecule has 0 bridgehead atoms. The molecule has 0 radical (unpaired) electrons. The van der Waals surface area contributed by atoms with Crippen LogP contribution in [0.15, 0.2) is 140 Å². The Bertz CT molecular complexity index is 2380. The van der Waals surface area contributed by atoms with Gasteiger partial charge in [-0.1, -0.05) is 177 Å². The highest BCUT2D eigenvalue weighted by molar-refractivity contribution is 5.90. The fourth-order valence-corrected chi connectivity index (χ4v) is 9.60. The first-order valence-corrected chi connectivity index (χ1v) is 27.9. The summed E-state index contributed by atoms with van der Waals surface area (Å²) in [5.41, 5.74) is 3.63. The van der Waals surface area contributed by atoms with E-state index in [4.69, 9.17) is 47.4 Å². The molecule has 2 saturated heterocycles. The first-order valence-electron chi connectivity index (χ1n) is 27.9. The minimum atomic E-state index is -1.10. The minimum Gasteiger partial charge on any atom is -0.494 e. The van der Waals surface area contributed by atoms with Crippen molar-refractivity contribution in [3.8, 4) is 11.5 Å². The predicted octanol–water partition coefficient (Wildman–Crippen LogP) is 13.5. The molecule has 4 unspecified atom stereocenters. The van der Waals surface area contributed by atoms with Crippen molar-refractivity contribution in [2.75, 3.05) is 26.4 Å². The van der Waals surface area contributed by atoms with Crippen LogP contribution in [0.4, 0.5) is 0 Å². The number of hydrogen-bond acceptors (Lipinski definition) is 12. The Hall–Kier alpha value is -5.60. The summed E-state index contributed by atoms with van der Waals surface area (Å²) in [6.07, 6.45) is 5.68. The number of esters is 2. The van der Waals surface area contributed by atoms with Gasteiger partial charge in [0.15, 0.2) is 12.6 Å². The lowest BCUT2D eigenvalue weighted by Crippen LogP contribution is -2.63. The SMILES string of the molecule is CCCCCCCOc1ccc(C(=O)OCC2O[C@H](O[C@H]3OC(COC(=O)c4ccc(OCCCCCCC)cc4)[C@@H](OCc4ccccc4)[C@H](OCc4ccccc4)C3OCc3ccccc3)C(C)[C@@H](C)[C@@H]2C)cc1. The zero-order valence-corrected chi connectivity index (χ0v) is 45.5. The second-order valence-corrected chi connectivity index (χ2v) is 20.4. The topological polar surface area (TPSA) is 126 Å². The molecule has 0 aromatic heterocycles. The van der Waals surface area contributed by atoms with Crippen LogP contribution in [0.1, 0.15) is 136 Å². The van der Waals surface area contributed by atoms with Crippen LogP contribution >= 0.6 is 0 Å². The Morgan fingerprint density at radius 1 is 0.421 bits per heavy atom. The quantitative estimate of drug-likeness (QED) is 0.0310. The smallest absolute Gasteiger partial charge is 0.338 e. The van der Waals surface area contributed by atoms with Crippen molar-refractivity contribution in [1.29, 1.82) is 0 Å². The van der Waals surface area contributed by atoms with Crippen molar-refractivity contribution in [3.05, 3.63) is 167 Å². The third-order valence-corrected chi connectivity index (χ3v) is 14.7. The molecule has 410 valence electrons. The Balaban J connectivity index is 1.11. The lowest BCUT2D eigenvalue weighted by molar-refractivity contribution is -0.374. The second kappa shape index (κ2) is 31.6. The van der Waals surface area contributed by atoms with Gasteiger partial charge in [0.2, 0.25) is 0 Å². The average molecular weight is 1040 g/mol. The summed E-state index contributed by atoms with van der Waals surface area (Å²) in [6, 6.07) is 43.8. The van der Waals surface area contributed by atoms with E-state index in [9.17, 15) is 9.59 Å². The number of benzene rings is 5. The predicted molar refractivity (Wildman–Crippen MR) is 293 cm³/mol. The summed E-state index contributed by atoms with van der Waals surface area (Å²) >= 11 is 0. The van der Waals surface area contributed by atoms with Crippen molar-refractivity contribution in [2.24, 2.45) is 17.8 Å². The van der Waals surface area contributed by atoms with Crippen LogP contribution in [0.2, 0.25) is 0 Å². The van der Waals surface area contributed by atoms with Crippen molar-refractivity contribution in [3.63, 3.8) is 0 Å². The van der Waals surface area contributed by atoms with E-state index in [2.05, 4.69) is 34.6 Å². The van der Waals surface area contributed by atoms with E-state index in [0.29, 0.717) is 30.1 Å². The number of rotatable bonds is 31. The van der Waals surface area contributed by atoms with E-state index in [1.165, 1.54) is 38.5 Å². The monoisotopic (exact) mass is 1040 g/mol. The minimum absolute atomic E-state index is 0.00853. The standard InChI is InChI=1S/C64H82O12/c1-6-8-10-12-23-39-67-54-35-31-52(32-36-54)61(65)72-44-56-47(4)46(3)48(5)63(74-56)76-64-60(71-43-51-29-21-16-22-30-51)59(70-42-50-27-19-15-20-28-50)58(69-41-49-25-17-14-18-26-49)57(75-64)45-73-62(66)53-33-37-55(38-34-53)68-40-24-13-11-9-7-2/h14-22,25-38,46-48,56-60,63-64H,6-13,23-24,39-45H2,1-5H3/t46-,47-,48?,56?,57?,58+,59-,60?,63+,64+/m0/s1. The number of ether oxygens (including phenoxy) is 10. The molecule has 2 fully saturated rings. The van der Waals surface area contributed by atoms with Crippen molar-refractivity contribution < 1.29 is 57.0 Å². The van der Waals surface area contributed by atoms with Crippen LogP contribution < -0.4 is 9.47 Å².